The summed E-state index contributed by atoms with van der Waals surface area (Å²) in [5.74, 6) is -1.50. The molecule has 1 N–H and O–H groups in total. The average Bonchev–Trinajstić information content (AvgIpc) is 2.18. The van der Waals surface area contributed by atoms with Crippen molar-refractivity contribution < 1.29 is 19.0 Å². The average molecular weight is 211 g/mol. The molecule has 4 nitrogen and oxygen atoms in total. The van der Waals surface area contributed by atoms with Gasteiger partial charge < -0.3 is 14.7 Å². The van der Waals surface area contributed by atoms with E-state index in [-0.39, 0.29) is 11.3 Å². The highest BCUT2D eigenvalue weighted by molar-refractivity contribution is 5.93. The van der Waals surface area contributed by atoms with Crippen molar-refractivity contribution in [3.8, 4) is 5.75 Å². The van der Waals surface area contributed by atoms with Crippen molar-refractivity contribution in [3.63, 3.8) is 0 Å². The zero-order valence-corrected chi connectivity index (χ0v) is 8.16. The Kier molecular flexibility index (Phi) is 2.22. The summed E-state index contributed by atoms with van der Waals surface area (Å²) in [5.41, 5.74) is 0.357. The highest BCUT2D eigenvalue weighted by atomic mass is 19.1. The Hall–Kier alpha value is -1.78. The van der Waals surface area contributed by atoms with Crippen molar-refractivity contribution in [2.24, 2.45) is 0 Å². The van der Waals surface area contributed by atoms with E-state index in [2.05, 4.69) is 0 Å². The number of carboxylic acid groups (broad SMARTS) is 1. The minimum atomic E-state index is -1.18. The number of benzene rings is 1. The Balaban J connectivity index is 2.62. The molecule has 1 aliphatic rings. The number of rotatable bonds is 1. The molecule has 0 saturated carbocycles. The number of hydrogen-bond acceptors (Lipinski definition) is 3. The van der Waals surface area contributed by atoms with Gasteiger partial charge in [-0.15, -0.1) is 0 Å². The Morgan fingerprint density at radius 2 is 2.33 bits per heavy atom. The predicted molar refractivity (Wildman–Crippen MR) is 52.1 cm³/mol. The molecule has 1 aromatic rings. The number of hydrogen-bond donors (Lipinski definition) is 1. The van der Waals surface area contributed by atoms with Crippen molar-refractivity contribution in [3.05, 3.63) is 23.5 Å². The molecule has 0 amide bonds. The third-order valence-electron chi connectivity index (χ3n) is 2.35. The van der Waals surface area contributed by atoms with Crippen LogP contribution in [0.25, 0.3) is 0 Å². The molecule has 0 fully saturated rings. The molecule has 0 bridgehead atoms. The molecule has 0 spiro atoms. The molecule has 1 aliphatic heterocycles. The molecule has 80 valence electrons. The molecule has 5 heteroatoms. The topological polar surface area (TPSA) is 49.8 Å². The van der Waals surface area contributed by atoms with E-state index in [0.717, 1.165) is 6.07 Å². The third-order valence-corrected chi connectivity index (χ3v) is 2.35. The fourth-order valence-corrected chi connectivity index (χ4v) is 1.58. The van der Waals surface area contributed by atoms with E-state index in [1.54, 1.807) is 11.9 Å². The summed E-state index contributed by atoms with van der Waals surface area (Å²) in [4.78, 5) is 12.6. The summed E-state index contributed by atoms with van der Waals surface area (Å²) in [6.07, 6.45) is 0. The van der Waals surface area contributed by atoms with Crippen LogP contribution in [0.3, 0.4) is 0 Å². The van der Waals surface area contributed by atoms with Gasteiger partial charge in [-0.2, -0.15) is 0 Å². The van der Waals surface area contributed by atoms with Crippen LogP contribution in [0.5, 0.6) is 5.75 Å². The molecule has 15 heavy (non-hydrogen) atoms. The number of fused-ring (bicyclic) bond motifs is 1. The summed E-state index contributed by atoms with van der Waals surface area (Å²) in [6.45, 7) is 1.03. The van der Waals surface area contributed by atoms with Crippen LogP contribution in [0, 0.1) is 5.82 Å². The fourth-order valence-electron chi connectivity index (χ4n) is 1.58. The summed E-state index contributed by atoms with van der Waals surface area (Å²) < 4.78 is 18.4. The Bertz CT molecular complexity index is 419. The van der Waals surface area contributed by atoms with Gasteiger partial charge in [-0.1, -0.05) is 0 Å². The zero-order chi connectivity index (χ0) is 11.0. The maximum Gasteiger partial charge on any atom is 0.339 e. The number of likely N-dealkylation sites (N-methyl/N-ethyl adjacent to an activating group) is 1. The normalized spacial score (nSPS) is 14.4. The second-order valence-electron chi connectivity index (χ2n) is 3.38. The number of nitrogens with zero attached hydrogens (tertiary/aromatic N) is 1. The third kappa shape index (κ3) is 1.60. The van der Waals surface area contributed by atoms with Gasteiger partial charge >= 0.3 is 5.97 Å². The lowest BCUT2D eigenvalue weighted by molar-refractivity contribution is 0.0691. The van der Waals surface area contributed by atoms with Crippen molar-refractivity contribution in [2.45, 2.75) is 0 Å². The van der Waals surface area contributed by atoms with Crippen LogP contribution in [0.1, 0.15) is 10.4 Å². The second kappa shape index (κ2) is 3.42. The molecule has 1 aromatic carbocycles. The van der Waals surface area contributed by atoms with Gasteiger partial charge in [0.05, 0.1) is 12.2 Å². The maximum absolute atomic E-state index is 13.1. The van der Waals surface area contributed by atoms with Gasteiger partial charge in [-0.05, 0) is 6.07 Å². The van der Waals surface area contributed by atoms with E-state index >= 15 is 0 Å². The second-order valence-corrected chi connectivity index (χ2v) is 3.38. The lowest BCUT2D eigenvalue weighted by atomic mass is 10.1. The van der Waals surface area contributed by atoms with E-state index in [9.17, 15) is 9.18 Å². The number of anilines is 1. The van der Waals surface area contributed by atoms with Gasteiger partial charge in [0.2, 0.25) is 0 Å². The first-order valence-corrected chi connectivity index (χ1v) is 4.50. The van der Waals surface area contributed by atoms with E-state index in [1.807, 2.05) is 0 Å². The van der Waals surface area contributed by atoms with Gasteiger partial charge in [0.25, 0.3) is 0 Å². The van der Waals surface area contributed by atoms with Crippen molar-refractivity contribution >= 4 is 11.7 Å². The molecular formula is C10H10FNO3. The number of ether oxygens (including phenoxy) is 1. The maximum atomic E-state index is 13.1. The van der Waals surface area contributed by atoms with Crippen LogP contribution < -0.4 is 9.64 Å². The largest absolute Gasteiger partial charge is 0.489 e. The number of carbonyl (C=O) groups is 1. The van der Waals surface area contributed by atoms with Crippen molar-refractivity contribution in [1.82, 2.24) is 0 Å². The van der Waals surface area contributed by atoms with Gasteiger partial charge in [-0.3, -0.25) is 0 Å². The van der Waals surface area contributed by atoms with Crippen LogP contribution in [-0.2, 0) is 0 Å². The number of halogens is 1. The van der Waals surface area contributed by atoms with Gasteiger partial charge in [0, 0.05) is 13.1 Å². The first kappa shape index (κ1) is 9.76. The number of aromatic carboxylic acids is 1. The minimum absolute atomic E-state index is 0.128. The SMILES string of the molecule is CN1CCOc2c(C(=O)O)cc(F)cc21. The summed E-state index contributed by atoms with van der Waals surface area (Å²) in [5, 5.41) is 8.89. The van der Waals surface area contributed by atoms with E-state index in [1.165, 1.54) is 6.07 Å². The van der Waals surface area contributed by atoms with E-state index in [4.69, 9.17) is 9.84 Å². The van der Waals surface area contributed by atoms with Crippen LogP contribution in [0.2, 0.25) is 0 Å². The molecular weight excluding hydrogens is 201 g/mol. The quantitative estimate of drug-likeness (QED) is 0.761. The molecule has 2 rings (SSSR count). The first-order chi connectivity index (χ1) is 7.09. The Morgan fingerprint density at radius 1 is 1.60 bits per heavy atom. The van der Waals surface area contributed by atoms with E-state index in [0.29, 0.717) is 18.8 Å². The Morgan fingerprint density at radius 3 is 3.00 bits per heavy atom. The zero-order valence-electron chi connectivity index (χ0n) is 8.16. The Labute approximate surface area is 85.9 Å². The van der Waals surface area contributed by atoms with Crippen LogP contribution in [0.4, 0.5) is 10.1 Å². The van der Waals surface area contributed by atoms with Crippen LogP contribution in [0.15, 0.2) is 12.1 Å². The highest BCUT2D eigenvalue weighted by Gasteiger charge is 2.23. The summed E-state index contributed by atoms with van der Waals surface area (Å²) in [6, 6.07) is 2.25. The standard InChI is InChI=1S/C10H10FNO3/c1-12-2-3-15-9-7(10(13)14)4-6(11)5-8(9)12/h4-5H,2-3H2,1H3,(H,13,14). The first-order valence-electron chi connectivity index (χ1n) is 4.50. The molecule has 0 aliphatic carbocycles. The van der Waals surface area contributed by atoms with Gasteiger partial charge in [0.15, 0.2) is 5.75 Å². The number of carboxylic acids is 1. The minimum Gasteiger partial charge on any atom is -0.489 e. The van der Waals surface area contributed by atoms with Crippen LogP contribution >= 0.6 is 0 Å². The molecule has 0 aromatic heterocycles. The predicted octanol–water partition coefficient (Wildman–Crippen LogP) is 1.35. The van der Waals surface area contributed by atoms with Crippen LogP contribution in [-0.4, -0.2) is 31.3 Å². The summed E-state index contributed by atoms with van der Waals surface area (Å²) >= 11 is 0. The molecule has 0 radical (unpaired) electrons. The van der Waals surface area contributed by atoms with Crippen molar-refractivity contribution in [1.29, 1.82) is 0 Å². The summed E-state index contributed by atoms with van der Waals surface area (Å²) in [7, 11) is 1.77. The molecule has 0 saturated heterocycles. The monoisotopic (exact) mass is 211 g/mol. The lowest BCUT2D eigenvalue weighted by Crippen LogP contribution is -2.30. The molecule has 1 heterocycles. The lowest BCUT2D eigenvalue weighted by Gasteiger charge is -2.28. The van der Waals surface area contributed by atoms with Gasteiger partial charge in [-0.25, -0.2) is 9.18 Å². The van der Waals surface area contributed by atoms with Gasteiger partial charge in [0.1, 0.15) is 18.0 Å². The molecule has 0 atom stereocenters. The highest BCUT2D eigenvalue weighted by Crippen LogP contribution is 2.35. The van der Waals surface area contributed by atoms with E-state index < -0.39 is 11.8 Å². The fraction of sp³-hybridized carbons (Fsp3) is 0.300. The van der Waals surface area contributed by atoms with Crippen molar-refractivity contribution in [2.75, 3.05) is 25.1 Å². The smallest absolute Gasteiger partial charge is 0.339 e. The molecule has 0 unspecified atom stereocenters.